The molecule has 1 saturated heterocycles. The van der Waals surface area contributed by atoms with Gasteiger partial charge in [0.1, 0.15) is 29.3 Å². The molecule has 0 bridgehead atoms. The molecule has 1 heterocycles. The molecule has 14 nitrogen and oxygen atoms in total. The van der Waals surface area contributed by atoms with E-state index < -0.39 is 85.8 Å². The normalized spacial score (nSPS) is 23.2. The summed E-state index contributed by atoms with van der Waals surface area (Å²) < 4.78 is 39.0. The lowest BCUT2D eigenvalue weighted by Crippen LogP contribution is -2.60. The minimum absolute atomic E-state index is 0.0985. The van der Waals surface area contributed by atoms with Gasteiger partial charge in [-0.3, -0.25) is 19.1 Å². The number of nitrogens with zero attached hydrogens (tertiary/aromatic N) is 2. The van der Waals surface area contributed by atoms with Crippen LogP contribution in [0.5, 0.6) is 0 Å². The number of ether oxygens (including phenoxy) is 2. The third kappa shape index (κ3) is 9.18. The number of benzene rings is 2. The van der Waals surface area contributed by atoms with Gasteiger partial charge in [-0.05, 0) is 69.7 Å². The summed E-state index contributed by atoms with van der Waals surface area (Å²) in [6.45, 7) is 13.8. The highest BCUT2D eigenvalue weighted by Gasteiger charge is 2.62. The van der Waals surface area contributed by atoms with E-state index in [9.17, 15) is 32.4 Å². The van der Waals surface area contributed by atoms with E-state index in [4.69, 9.17) is 9.47 Å². The zero-order chi connectivity index (χ0) is 38.9. The van der Waals surface area contributed by atoms with Gasteiger partial charge in [-0.25, -0.2) is 22.9 Å². The highest BCUT2D eigenvalue weighted by atomic mass is 32.2. The molecule has 2 aromatic rings. The fourth-order valence-electron chi connectivity index (χ4n) is 6.34. The van der Waals surface area contributed by atoms with Gasteiger partial charge in [0.25, 0.3) is 5.91 Å². The Bertz CT molecular complexity index is 1800. The molecule has 3 N–H and O–H groups in total. The lowest BCUT2D eigenvalue weighted by molar-refractivity contribution is -0.143. The van der Waals surface area contributed by atoms with Gasteiger partial charge in [0.15, 0.2) is 0 Å². The monoisotopic (exact) mass is 751 g/mol. The number of anilines is 2. The molecule has 1 unspecified atom stereocenters. The summed E-state index contributed by atoms with van der Waals surface area (Å²) in [4.78, 5) is 71.7. The van der Waals surface area contributed by atoms with E-state index in [0.717, 1.165) is 0 Å². The molecule has 3 fully saturated rings. The fourth-order valence-corrected chi connectivity index (χ4v) is 7.71. The van der Waals surface area contributed by atoms with Crippen molar-refractivity contribution in [1.29, 1.82) is 0 Å². The second kappa shape index (κ2) is 14.8. The van der Waals surface area contributed by atoms with E-state index in [1.807, 2.05) is 12.1 Å². The number of para-hydroxylation sites is 2. The molecule has 53 heavy (non-hydrogen) atoms. The molecule has 1 aliphatic heterocycles. The van der Waals surface area contributed by atoms with Gasteiger partial charge in [-0.15, -0.1) is 6.58 Å². The summed E-state index contributed by atoms with van der Waals surface area (Å²) in [7, 11) is -3.93. The van der Waals surface area contributed by atoms with E-state index in [2.05, 4.69) is 21.9 Å². The van der Waals surface area contributed by atoms with Crippen molar-refractivity contribution < 1.29 is 41.9 Å². The van der Waals surface area contributed by atoms with Crippen LogP contribution in [0.1, 0.15) is 67.2 Å². The van der Waals surface area contributed by atoms with Crippen LogP contribution >= 0.6 is 0 Å². The van der Waals surface area contributed by atoms with Crippen LogP contribution in [-0.4, -0.2) is 84.3 Å². The molecule has 286 valence electrons. The number of alkyl carbamates (subject to hydrolysis) is 1. The lowest BCUT2D eigenvalue weighted by Gasteiger charge is -2.36. The number of hydrogen-bond donors (Lipinski definition) is 3. The number of hydrogen-bond acceptors (Lipinski definition) is 9. The van der Waals surface area contributed by atoms with Crippen molar-refractivity contribution in [3.05, 3.63) is 73.3 Å². The van der Waals surface area contributed by atoms with Gasteiger partial charge >= 0.3 is 12.2 Å². The number of likely N-dealkylation sites (tertiary alicyclic amines) is 1. The van der Waals surface area contributed by atoms with Gasteiger partial charge in [0.05, 0.1) is 23.2 Å². The molecule has 2 aromatic carbocycles. The van der Waals surface area contributed by atoms with Crippen molar-refractivity contribution in [3.8, 4) is 0 Å². The maximum atomic E-state index is 14.5. The van der Waals surface area contributed by atoms with Crippen molar-refractivity contribution in [1.82, 2.24) is 20.3 Å². The molecule has 0 radical (unpaired) electrons. The Morgan fingerprint density at radius 1 is 0.943 bits per heavy atom. The van der Waals surface area contributed by atoms with E-state index in [-0.39, 0.29) is 19.4 Å². The van der Waals surface area contributed by atoms with Crippen LogP contribution in [0.15, 0.2) is 73.3 Å². The SMILES string of the molecule is C=CC1C[C@]1(NC(=O)[C@@H]1C[C@@H](OC(=O)N(c2ccccc2)c2ccccc2)CN1C(=O)[C@@H](NC(=O)OC(C)(C)C)C(C)(C)C)C(=O)NS(=O)(=O)C1CC1. The predicted molar refractivity (Wildman–Crippen MR) is 197 cm³/mol. The van der Waals surface area contributed by atoms with Crippen molar-refractivity contribution in [2.24, 2.45) is 11.3 Å². The van der Waals surface area contributed by atoms with Crippen LogP contribution in [0.25, 0.3) is 0 Å². The van der Waals surface area contributed by atoms with Crippen molar-refractivity contribution >= 4 is 51.3 Å². The fraction of sp³-hybridized carbons (Fsp3) is 0.500. The van der Waals surface area contributed by atoms with Crippen LogP contribution in [-0.2, 0) is 33.9 Å². The standard InChI is InChI=1S/C38H49N5O9S/c1-8-24-22-38(24,33(46)41-53(49,50)28-19-20-28)40-31(44)29-21-27(23-42(29)32(45)30(36(2,3)4)39-34(47)52-37(5,6)7)51-35(48)43(25-15-11-9-12-16-25)26-17-13-10-14-18-26/h8-18,24,27-30H,1,19-23H2,2-7H3,(H,39,47)(H,40,44)(H,41,46)/t24?,27-,29+,30-,38-/m1/s1. The van der Waals surface area contributed by atoms with E-state index >= 15 is 0 Å². The first-order valence-corrected chi connectivity index (χ1v) is 19.2. The van der Waals surface area contributed by atoms with Crippen molar-refractivity contribution in [2.75, 3.05) is 11.4 Å². The summed E-state index contributed by atoms with van der Waals surface area (Å²) in [6.07, 6.45) is -0.302. The molecule has 0 spiro atoms. The summed E-state index contributed by atoms with van der Waals surface area (Å²) in [5.41, 5.74) is -2.29. The van der Waals surface area contributed by atoms with Crippen molar-refractivity contribution in [3.63, 3.8) is 0 Å². The Kier molecular flexibility index (Phi) is 11.0. The topological polar surface area (TPSA) is 181 Å². The zero-order valence-electron chi connectivity index (χ0n) is 31.0. The van der Waals surface area contributed by atoms with Crippen molar-refractivity contribution in [2.45, 2.75) is 102 Å². The number of rotatable bonds is 11. The quantitative estimate of drug-likeness (QED) is 0.278. The van der Waals surface area contributed by atoms with Crippen LogP contribution in [0, 0.1) is 11.3 Å². The smallest absolute Gasteiger partial charge is 0.419 e. The second-order valence-electron chi connectivity index (χ2n) is 15.9. The molecule has 5 amide bonds. The first-order valence-electron chi connectivity index (χ1n) is 17.7. The largest absolute Gasteiger partial charge is 0.444 e. The number of carbonyl (C=O) groups excluding carboxylic acids is 5. The zero-order valence-corrected chi connectivity index (χ0v) is 31.8. The number of nitrogens with one attached hydrogen (secondary N) is 3. The average Bonchev–Trinajstić information content (AvgIpc) is 4.00. The van der Waals surface area contributed by atoms with Crippen LogP contribution in [0.3, 0.4) is 0 Å². The molecule has 0 aromatic heterocycles. The molecule has 15 heteroatoms. The van der Waals surface area contributed by atoms with E-state index in [1.54, 1.807) is 90.1 Å². The molecule has 5 rings (SSSR count). The summed E-state index contributed by atoms with van der Waals surface area (Å²) >= 11 is 0. The number of sulfonamides is 1. The first kappa shape index (κ1) is 39.3. The molecule has 2 saturated carbocycles. The van der Waals surface area contributed by atoms with Gasteiger partial charge in [-0.1, -0.05) is 63.2 Å². The summed E-state index contributed by atoms with van der Waals surface area (Å²) in [5, 5.41) is 4.72. The summed E-state index contributed by atoms with van der Waals surface area (Å²) in [6, 6.07) is 15.2. The second-order valence-corrected chi connectivity index (χ2v) is 17.8. The molecule has 3 aliphatic rings. The van der Waals surface area contributed by atoms with E-state index in [0.29, 0.717) is 24.2 Å². The maximum absolute atomic E-state index is 14.5. The predicted octanol–water partition coefficient (Wildman–Crippen LogP) is 4.54. The van der Waals surface area contributed by atoms with Gasteiger partial charge < -0.3 is 25.0 Å². The van der Waals surface area contributed by atoms with Gasteiger partial charge in [0, 0.05) is 12.3 Å². The Balaban J connectivity index is 1.44. The third-order valence-electron chi connectivity index (χ3n) is 9.35. The molecular formula is C38H49N5O9S. The Hall–Kier alpha value is -4.92. The van der Waals surface area contributed by atoms with Crippen LogP contribution in [0.4, 0.5) is 21.0 Å². The van der Waals surface area contributed by atoms with E-state index in [1.165, 1.54) is 15.9 Å². The minimum Gasteiger partial charge on any atom is -0.444 e. The molecular weight excluding hydrogens is 703 g/mol. The first-order chi connectivity index (χ1) is 24.8. The Labute approximate surface area is 310 Å². The molecule has 2 aliphatic carbocycles. The summed E-state index contributed by atoms with van der Waals surface area (Å²) in [5.74, 6) is -2.85. The third-order valence-corrected chi connectivity index (χ3v) is 11.2. The van der Waals surface area contributed by atoms with Gasteiger partial charge in [-0.2, -0.15) is 0 Å². The number of amides is 5. The highest BCUT2D eigenvalue weighted by Crippen LogP contribution is 2.45. The number of carbonyl (C=O) groups is 5. The highest BCUT2D eigenvalue weighted by molar-refractivity contribution is 7.91. The Morgan fingerprint density at radius 3 is 1.98 bits per heavy atom. The van der Waals surface area contributed by atoms with Crippen LogP contribution < -0.4 is 20.3 Å². The lowest BCUT2D eigenvalue weighted by atomic mass is 9.85. The average molecular weight is 752 g/mol. The molecule has 5 atom stereocenters. The minimum atomic E-state index is -3.93. The Morgan fingerprint density at radius 2 is 1.51 bits per heavy atom. The van der Waals surface area contributed by atoms with Gasteiger partial charge in [0.2, 0.25) is 21.8 Å². The maximum Gasteiger partial charge on any atom is 0.419 e. The van der Waals surface area contributed by atoms with Crippen LogP contribution in [0.2, 0.25) is 0 Å².